The van der Waals surface area contributed by atoms with Gasteiger partial charge >= 0.3 is 0 Å². The van der Waals surface area contributed by atoms with Gasteiger partial charge in [0.15, 0.2) is 0 Å². The number of aromatic nitrogens is 1. The third kappa shape index (κ3) is 3.31. The minimum absolute atomic E-state index is 0.211. The molecule has 0 saturated heterocycles. The Morgan fingerprint density at radius 1 is 1.40 bits per heavy atom. The molecule has 1 aromatic carbocycles. The van der Waals surface area contributed by atoms with Gasteiger partial charge in [-0.2, -0.15) is 5.26 Å². The molecule has 4 nitrogen and oxygen atoms in total. The monoisotopic (exact) mass is 272 g/mol. The molecule has 0 aliphatic rings. The number of ether oxygens (including phenoxy) is 1. The van der Waals surface area contributed by atoms with Crippen LogP contribution in [0.3, 0.4) is 0 Å². The molecular weight excluding hydrogens is 259 g/mol. The molecule has 5 heteroatoms. The molecule has 2 aromatic rings. The maximum Gasteiger partial charge on any atom is 0.140 e. The average molecular weight is 272 g/mol. The molecule has 0 amide bonds. The Balaban J connectivity index is 2.16. The summed E-state index contributed by atoms with van der Waals surface area (Å²) in [7, 11) is 0. The summed E-state index contributed by atoms with van der Waals surface area (Å²) in [5, 5.41) is 18.4. The van der Waals surface area contributed by atoms with Crippen molar-refractivity contribution in [3.05, 3.63) is 59.2 Å². The highest BCUT2D eigenvalue weighted by Gasteiger charge is 2.11. The second kappa shape index (κ2) is 6.13. The number of aliphatic hydroxyl groups excluding tert-OH is 1. The van der Waals surface area contributed by atoms with Crippen molar-refractivity contribution in [3.63, 3.8) is 0 Å². The van der Waals surface area contributed by atoms with Gasteiger partial charge in [-0.05, 0) is 42.8 Å². The van der Waals surface area contributed by atoms with Gasteiger partial charge in [0.2, 0.25) is 0 Å². The topological polar surface area (TPSA) is 66.1 Å². The maximum absolute atomic E-state index is 13.2. The van der Waals surface area contributed by atoms with E-state index in [1.807, 2.05) is 6.07 Å². The zero-order valence-electron chi connectivity index (χ0n) is 10.9. The lowest BCUT2D eigenvalue weighted by atomic mass is 10.1. The molecule has 0 unspecified atom stereocenters. The van der Waals surface area contributed by atoms with E-state index in [2.05, 4.69) is 4.98 Å². The second-order valence-corrected chi connectivity index (χ2v) is 4.31. The first-order valence-corrected chi connectivity index (χ1v) is 6.05. The summed E-state index contributed by atoms with van der Waals surface area (Å²) < 4.78 is 18.7. The summed E-state index contributed by atoms with van der Waals surface area (Å²) in [5.74, 6) is -0.0133. The third-order valence-electron chi connectivity index (χ3n) is 2.76. The highest BCUT2D eigenvalue weighted by Crippen LogP contribution is 2.26. The van der Waals surface area contributed by atoms with Crippen LogP contribution in [-0.4, -0.2) is 10.1 Å². The number of hydrogen-bond acceptors (Lipinski definition) is 4. The number of pyridine rings is 1. The number of hydrogen-bond donors (Lipinski definition) is 1. The van der Waals surface area contributed by atoms with Crippen molar-refractivity contribution in [2.75, 3.05) is 0 Å². The molecule has 0 aliphatic carbocycles. The zero-order chi connectivity index (χ0) is 14.5. The van der Waals surface area contributed by atoms with Crippen molar-refractivity contribution in [3.8, 4) is 11.8 Å². The van der Waals surface area contributed by atoms with Crippen LogP contribution in [0, 0.1) is 17.1 Å². The first kappa shape index (κ1) is 14.0. The van der Waals surface area contributed by atoms with Crippen molar-refractivity contribution >= 4 is 0 Å². The second-order valence-electron chi connectivity index (χ2n) is 4.31. The van der Waals surface area contributed by atoms with E-state index in [0.29, 0.717) is 17.0 Å². The maximum atomic E-state index is 13.2. The predicted octanol–water partition coefficient (Wildman–Crippen LogP) is 2.72. The fourth-order valence-electron chi connectivity index (χ4n) is 1.76. The highest BCUT2D eigenvalue weighted by molar-refractivity contribution is 5.36. The van der Waals surface area contributed by atoms with E-state index < -0.39 is 11.9 Å². The molecule has 1 aromatic heterocycles. The summed E-state index contributed by atoms with van der Waals surface area (Å²) in [5.41, 5.74) is 1.47. The number of benzene rings is 1. The summed E-state index contributed by atoms with van der Waals surface area (Å²) in [6.45, 7) is 1.75. The van der Waals surface area contributed by atoms with Crippen molar-refractivity contribution in [2.24, 2.45) is 0 Å². The molecule has 0 fully saturated rings. The molecule has 0 aliphatic heterocycles. The quantitative estimate of drug-likeness (QED) is 0.929. The fourth-order valence-corrected chi connectivity index (χ4v) is 1.76. The van der Waals surface area contributed by atoms with Gasteiger partial charge in [0.25, 0.3) is 0 Å². The molecule has 1 heterocycles. The van der Waals surface area contributed by atoms with Gasteiger partial charge in [-0.15, -0.1) is 0 Å². The summed E-state index contributed by atoms with van der Waals surface area (Å²) in [6.07, 6.45) is 0.699. The third-order valence-corrected chi connectivity index (χ3v) is 2.76. The smallest absolute Gasteiger partial charge is 0.140 e. The molecule has 20 heavy (non-hydrogen) atoms. The Morgan fingerprint density at radius 3 is 2.90 bits per heavy atom. The van der Waals surface area contributed by atoms with Gasteiger partial charge in [-0.25, -0.2) is 9.37 Å². The van der Waals surface area contributed by atoms with Gasteiger partial charge in [-0.3, -0.25) is 0 Å². The number of nitrogens with zero attached hydrogens (tertiary/aromatic N) is 2. The van der Waals surface area contributed by atoms with Crippen LogP contribution in [0.15, 0.2) is 36.5 Å². The fraction of sp³-hybridized carbons (Fsp3) is 0.200. The van der Waals surface area contributed by atoms with Crippen molar-refractivity contribution in [1.82, 2.24) is 4.98 Å². The standard InChI is InChI=1S/C15H13FN2O2/c1-10(19)14-7-12(16)2-3-15(14)20-9-11-4-5-18-13(6-11)8-17/h2-7,10,19H,9H2,1H3/t10-/m1/s1. The summed E-state index contributed by atoms with van der Waals surface area (Å²) >= 11 is 0. The van der Waals surface area contributed by atoms with Crippen LogP contribution in [0.25, 0.3) is 0 Å². The average Bonchev–Trinajstić information content (AvgIpc) is 2.46. The molecule has 0 bridgehead atoms. The van der Waals surface area contributed by atoms with E-state index in [1.165, 1.54) is 24.4 Å². The van der Waals surface area contributed by atoms with Gasteiger partial charge in [0.05, 0.1) is 6.10 Å². The number of halogens is 1. The van der Waals surface area contributed by atoms with E-state index in [9.17, 15) is 9.50 Å². The normalized spacial score (nSPS) is 11.7. The zero-order valence-corrected chi connectivity index (χ0v) is 10.9. The molecule has 2 rings (SSSR count). The van der Waals surface area contributed by atoms with E-state index in [-0.39, 0.29) is 6.61 Å². The Morgan fingerprint density at radius 2 is 2.20 bits per heavy atom. The highest BCUT2D eigenvalue weighted by atomic mass is 19.1. The molecule has 0 spiro atoms. The van der Waals surface area contributed by atoms with Gasteiger partial charge in [0.1, 0.15) is 29.9 Å². The lowest BCUT2D eigenvalue weighted by Gasteiger charge is -2.13. The van der Waals surface area contributed by atoms with E-state index in [1.54, 1.807) is 19.1 Å². The Labute approximate surface area is 116 Å². The largest absolute Gasteiger partial charge is 0.489 e. The van der Waals surface area contributed by atoms with E-state index >= 15 is 0 Å². The van der Waals surface area contributed by atoms with Crippen LogP contribution in [0.1, 0.15) is 29.8 Å². The predicted molar refractivity (Wildman–Crippen MR) is 70.3 cm³/mol. The van der Waals surface area contributed by atoms with Crippen LogP contribution in [-0.2, 0) is 6.61 Å². The SMILES string of the molecule is C[C@@H](O)c1cc(F)ccc1OCc1ccnc(C#N)c1. The first-order chi connectivity index (χ1) is 9.60. The van der Waals surface area contributed by atoms with Crippen molar-refractivity contribution in [1.29, 1.82) is 5.26 Å². The minimum Gasteiger partial charge on any atom is -0.489 e. The molecule has 1 atom stereocenters. The Kier molecular flexibility index (Phi) is 4.28. The van der Waals surface area contributed by atoms with Crippen LogP contribution in [0.4, 0.5) is 4.39 Å². The van der Waals surface area contributed by atoms with Gasteiger partial charge in [-0.1, -0.05) is 0 Å². The van der Waals surface area contributed by atoms with Crippen molar-refractivity contribution < 1.29 is 14.2 Å². The molecule has 0 radical (unpaired) electrons. The van der Waals surface area contributed by atoms with E-state index in [4.69, 9.17) is 10.00 Å². The molecular formula is C15H13FN2O2. The molecule has 102 valence electrons. The van der Waals surface area contributed by atoms with Gasteiger partial charge < -0.3 is 9.84 Å². The molecule has 0 saturated carbocycles. The van der Waals surface area contributed by atoms with Crippen LogP contribution >= 0.6 is 0 Å². The number of rotatable bonds is 4. The Bertz CT molecular complexity index is 651. The lowest BCUT2D eigenvalue weighted by molar-refractivity contribution is 0.189. The van der Waals surface area contributed by atoms with Gasteiger partial charge in [0, 0.05) is 11.8 Å². The number of nitriles is 1. The van der Waals surface area contributed by atoms with Crippen LogP contribution in [0.2, 0.25) is 0 Å². The van der Waals surface area contributed by atoms with Crippen LogP contribution in [0.5, 0.6) is 5.75 Å². The summed E-state index contributed by atoms with van der Waals surface area (Å²) in [4.78, 5) is 3.86. The number of aliphatic hydroxyl groups is 1. The lowest BCUT2D eigenvalue weighted by Crippen LogP contribution is -2.02. The first-order valence-electron chi connectivity index (χ1n) is 6.05. The molecule has 1 N–H and O–H groups in total. The minimum atomic E-state index is -0.826. The van der Waals surface area contributed by atoms with Crippen molar-refractivity contribution in [2.45, 2.75) is 19.6 Å². The Hall–Kier alpha value is -2.45. The van der Waals surface area contributed by atoms with E-state index in [0.717, 1.165) is 5.56 Å². The van der Waals surface area contributed by atoms with Crippen LogP contribution < -0.4 is 4.74 Å². The summed E-state index contributed by atoms with van der Waals surface area (Å²) in [6, 6.07) is 9.28.